The molecule has 1 N–H and O–H groups in total. The highest BCUT2D eigenvalue weighted by Crippen LogP contribution is 2.22. The number of benzene rings is 1. The molecule has 0 unspecified atom stereocenters. The quantitative estimate of drug-likeness (QED) is 0.872. The van der Waals surface area contributed by atoms with Gasteiger partial charge >= 0.3 is 0 Å². The number of rotatable bonds is 4. The monoisotopic (exact) mass is 381 g/mol. The van der Waals surface area contributed by atoms with Gasteiger partial charge in [0.1, 0.15) is 5.82 Å². The Kier molecular flexibility index (Phi) is 6.48. The smallest absolute Gasteiger partial charge is 0.237 e. The Labute approximate surface area is 158 Å². The minimum Gasteiger partial charge on any atom is -0.353 e. The van der Waals surface area contributed by atoms with Crippen LogP contribution in [-0.4, -0.2) is 53.8 Å². The Morgan fingerprint density at radius 2 is 1.92 bits per heavy atom. The number of carbonyl (C=O) groups excluding carboxylic acids is 2. The van der Waals surface area contributed by atoms with Gasteiger partial charge in [-0.3, -0.25) is 14.5 Å². The third-order valence-electron chi connectivity index (χ3n) is 5.16. The number of hydrogen-bond acceptors (Lipinski definition) is 3. The molecule has 1 aromatic carbocycles. The summed E-state index contributed by atoms with van der Waals surface area (Å²) in [5, 5.41) is 3.19. The van der Waals surface area contributed by atoms with Crippen molar-refractivity contribution in [3.63, 3.8) is 0 Å². The van der Waals surface area contributed by atoms with Gasteiger partial charge in [-0.25, -0.2) is 4.39 Å². The number of halogens is 2. The van der Waals surface area contributed by atoms with E-state index < -0.39 is 6.04 Å². The molecule has 142 valence electrons. The van der Waals surface area contributed by atoms with Gasteiger partial charge in [-0.15, -0.1) is 0 Å². The molecule has 0 bridgehead atoms. The summed E-state index contributed by atoms with van der Waals surface area (Å²) in [5.41, 5.74) is 0.759. The van der Waals surface area contributed by atoms with Crippen LogP contribution in [0.4, 0.5) is 4.39 Å². The van der Waals surface area contributed by atoms with Crippen LogP contribution in [0, 0.1) is 5.82 Å². The third kappa shape index (κ3) is 4.74. The van der Waals surface area contributed by atoms with Crippen LogP contribution < -0.4 is 5.32 Å². The molecule has 0 aliphatic carbocycles. The fourth-order valence-corrected chi connectivity index (χ4v) is 3.88. The molecule has 1 aromatic rings. The van der Waals surface area contributed by atoms with E-state index in [1.807, 2.05) is 9.80 Å². The van der Waals surface area contributed by atoms with Gasteiger partial charge in [0, 0.05) is 37.7 Å². The molecule has 0 spiro atoms. The first-order valence-corrected chi connectivity index (χ1v) is 9.66. The predicted octanol–water partition coefficient (Wildman–Crippen LogP) is 2.57. The van der Waals surface area contributed by atoms with Gasteiger partial charge in [0.2, 0.25) is 11.8 Å². The van der Waals surface area contributed by atoms with Gasteiger partial charge in [0.15, 0.2) is 0 Å². The van der Waals surface area contributed by atoms with Crippen LogP contribution in [0.25, 0.3) is 0 Å². The molecule has 2 aliphatic rings. The van der Waals surface area contributed by atoms with E-state index in [0.717, 1.165) is 44.3 Å². The maximum Gasteiger partial charge on any atom is 0.237 e. The van der Waals surface area contributed by atoms with E-state index >= 15 is 0 Å². The molecule has 7 heteroatoms. The van der Waals surface area contributed by atoms with Crippen molar-refractivity contribution < 1.29 is 14.0 Å². The molecule has 2 heterocycles. The first kappa shape index (κ1) is 19.1. The summed E-state index contributed by atoms with van der Waals surface area (Å²) in [6.07, 6.45) is 4.53. The summed E-state index contributed by atoms with van der Waals surface area (Å²) in [5.74, 6) is -0.482. The number of likely N-dealkylation sites (tertiary alicyclic amines) is 1. The maximum absolute atomic E-state index is 13.3. The van der Waals surface area contributed by atoms with E-state index in [1.54, 1.807) is 6.07 Å². The molecule has 2 fully saturated rings. The van der Waals surface area contributed by atoms with Crippen molar-refractivity contribution in [1.82, 2.24) is 15.1 Å². The largest absolute Gasteiger partial charge is 0.353 e. The molecular weight excluding hydrogens is 357 g/mol. The van der Waals surface area contributed by atoms with E-state index in [0.29, 0.717) is 24.7 Å². The first-order chi connectivity index (χ1) is 12.5. The molecule has 2 saturated heterocycles. The summed E-state index contributed by atoms with van der Waals surface area (Å²) in [4.78, 5) is 29.0. The van der Waals surface area contributed by atoms with Crippen molar-refractivity contribution >= 4 is 23.4 Å². The second-order valence-electron chi connectivity index (χ2n) is 7.01. The molecule has 2 amide bonds. The molecule has 0 aromatic heterocycles. The van der Waals surface area contributed by atoms with Crippen LogP contribution >= 0.6 is 11.6 Å². The molecule has 26 heavy (non-hydrogen) atoms. The number of carbonyl (C=O) groups is 2. The minimum absolute atomic E-state index is 0.0316. The van der Waals surface area contributed by atoms with Gasteiger partial charge in [-0.05, 0) is 30.5 Å². The van der Waals surface area contributed by atoms with E-state index in [9.17, 15) is 14.0 Å². The van der Waals surface area contributed by atoms with Crippen LogP contribution in [0.5, 0.6) is 0 Å². The molecule has 3 rings (SSSR count). The van der Waals surface area contributed by atoms with Crippen molar-refractivity contribution in [3.8, 4) is 0 Å². The third-order valence-corrected chi connectivity index (χ3v) is 5.51. The molecular formula is C19H25ClFN3O2. The highest BCUT2D eigenvalue weighted by molar-refractivity contribution is 6.31. The van der Waals surface area contributed by atoms with Gasteiger partial charge in [0.25, 0.3) is 0 Å². The van der Waals surface area contributed by atoms with Crippen molar-refractivity contribution in [2.24, 2.45) is 0 Å². The molecule has 0 radical (unpaired) electrons. The number of nitrogens with one attached hydrogen (secondary N) is 1. The lowest BCUT2D eigenvalue weighted by Gasteiger charge is -2.36. The van der Waals surface area contributed by atoms with E-state index in [-0.39, 0.29) is 24.1 Å². The Hall–Kier alpha value is -1.66. The topological polar surface area (TPSA) is 52.7 Å². The predicted molar refractivity (Wildman–Crippen MR) is 98.3 cm³/mol. The fraction of sp³-hybridized carbons (Fsp3) is 0.579. The number of piperazine rings is 1. The van der Waals surface area contributed by atoms with Gasteiger partial charge < -0.3 is 10.2 Å². The molecule has 5 nitrogen and oxygen atoms in total. The summed E-state index contributed by atoms with van der Waals surface area (Å²) >= 11 is 6.14. The molecule has 0 saturated carbocycles. The van der Waals surface area contributed by atoms with Crippen LogP contribution in [0.2, 0.25) is 5.02 Å². The average molecular weight is 382 g/mol. The van der Waals surface area contributed by atoms with Crippen molar-refractivity contribution in [3.05, 3.63) is 34.6 Å². The van der Waals surface area contributed by atoms with Crippen molar-refractivity contribution in [2.75, 3.05) is 26.2 Å². The van der Waals surface area contributed by atoms with Gasteiger partial charge in [0.05, 0.1) is 12.5 Å². The van der Waals surface area contributed by atoms with E-state index in [2.05, 4.69) is 5.32 Å². The summed E-state index contributed by atoms with van der Waals surface area (Å²) in [7, 11) is 0. The summed E-state index contributed by atoms with van der Waals surface area (Å²) in [6.45, 7) is 3.14. The lowest BCUT2D eigenvalue weighted by Crippen LogP contribution is -2.56. The zero-order chi connectivity index (χ0) is 18.5. The Bertz CT molecular complexity index is 662. The average Bonchev–Trinajstić information content (AvgIpc) is 2.89. The Balaban J connectivity index is 1.69. The normalized spacial score (nSPS) is 22.0. The highest BCUT2D eigenvalue weighted by atomic mass is 35.5. The standard InChI is InChI=1S/C19H25ClFN3O2/c20-16-11-15(21)6-5-14(16)13-24-10-7-22-19(26)17(24)12-18(25)23-8-3-1-2-4-9-23/h5-6,11,17H,1-4,7-10,12-13H2,(H,22,26)/t17-/m0/s1. The zero-order valence-electron chi connectivity index (χ0n) is 14.8. The first-order valence-electron chi connectivity index (χ1n) is 9.28. The summed E-state index contributed by atoms with van der Waals surface area (Å²) in [6, 6.07) is 3.76. The van der Waals surface area contributed by atoms with Crippen molar-refractivity contribution in [2.45, 2.75) is 44.7 Å². The highest BCUT2D eigenvalue weighted by Gasteiger charge is 2.33. The van der Waals surface area contributed by atoms with Crippen LogP contribution in [0.15, 0.2) is 18.2 Å². The van der Waals surface area contributed by atoms with Gasteiger partial charge in [-0.1, -0.05) is 30.5 Å². The Morgan fingerprint density at radius 1 is 1.19 bits per heavy atom. The van der Waals surface area contributed by atoms with Crippen LogP contribution in [0.1, 0.15) is 37.7 Å². The maximum atomic E-state index is 13.3. The van der Waals surface area contributed by atoms with Crippen LogP contribution in [0.3, 0.4) is 0 Å². The van der Waals surface area contributed by atoms with Crippen LogP contribution in [-0.2, 0) is 16.1 Å². The molecule has 2 aliphatic heterocycles. The Morgan fingerprint density at radius 3 is 2.62 bits per heavy atom. The minimum atomic E-state index is -0.513. The van der Waals surface area contributed by atoms with E-state index in [1.165, 1.54) is 12.1 Å². The van der Waals surface area contributed by atoms with Gasteiger partial charge in [-0.2, -0.15) is 0 Å². The second-order valence-corrected chi connectivity index (χ2v) is 7.42. The SMILES string of the molecule is O=C1NCCN(Cc2ccc(F)cc2Cl)[C@H]1CC(=O)N1CCCCCC1. The molecule has 1 atom stereocenters. The van der Waals surface area contributed by atoms with E-state index in [4.69, 9.17) is 11.6 Å². The zero-order valence-corrected chi connectivity index (χ0v) is 15.6. The lowest BCUT2D eigenvalue weighted by atomic mass is 10.1. The number of hydrogen-bond donors (Lipinski definition) is 1. The fourth-order valence-electron chi connectivity index (χ4n) is 3.66. The number of nitrogens with zero attached hydrogens (tertiary/aromatic N) is 2. The van der Waals surface area contributed by atoms with Crippen molar-refractivity contribution in [1.29, 1.82) is 0 Å². The number of amides is 2. The second kappa shape index (κ2) is 8.82. The summed E-state index contributed by atoms with van der Waals surface area (Å²) < 4.78 is 13.3. The lowest BCUT2D eigenvalue weighted by molar-refractivity contribution is -0.139.